The number of carbonyl (C=O) groups excluding carboxylic acids is 2. The Morgan fingerprint density at radius 2 is 1.92 bits per heavy atom. The number of aryl methyl sites for hydroxylation is 4. The highest BCUT2D eigenvalue weighted by molar-refractivity contribution is 7.03. The molecule has 3 rings (SSSR count). The molecule has 1 fully saturated rings. The van der Waals surface area contributed by atoms with E-state index in [0.717, 1.165) is 16.8 Å². The lowest BCUT2D eigenvalue weighted by molar-refractivity contribution is -0.118. The number of aromatic nitrogens is 1. The topological polar surface area (TPSA) is 62.3 Å². The molecule has 1 aliphatic rings. The van der Waals surface area contributed by atoms with Crippen LogP contribution >= 0.6 is 11.5 Å². The molecule has 1 aromatic heterocycles. The van der Waals surface area contributed by atoms with Crippen LogP contribution < -0.4 is 10.2 Å². The van der Waals surface area contributed by atoms with Crippen molar-refractivity contribution in [1.82, 2.24) is 9.69 Å². The van der Waals surface area contributed by atoms with Gasteiger partial charge in [0.25, 0.3) is 5.91 Å². The van der Waals surface area contributed by atoms with Gasteiger partial charge >= 0.3 is 0 Å². The van der Waals surface area contributed by atoms with Crippen LogP contribution in [-0.4, -0.2) is 28.8 Å². The van der Waals surface area contributed by atoms with E-state index in [-0.39, 0.29) is 11.8 Å². The molecule has 24 heavy (non-hydrogen) atoms. The summed E-state index contributed by atoms with van der Waals surface area (Å²) in [6, 6.07) is 3.70. The van der Waals surface area contributed by atoms with Crippen LogP contribution in [0, 0.1) is 27.7 Å². The van der Waals surface area contributed by atoms with Crippen molar-refractivity contribution in [2.75, 3.05) is 11.4 Å². The predicted octanol–water partition coefficient (Wildman–Crippen LogP) is 2.91. The maximum Gasteiger partial charge on any atom is 0.254 e. The van der Waals surface area contributed by atoms with Crippen LogP contribution in [0.15, 0.2) is 17.5 Å². The van der Waals surface area contributed by atoms with Gasteiger partial charge < -0.3 is 10.2 Å². The van der Waals surface area contributed by atoms with Crippen LogP contribution in [0.1, 0.15) is 39.2 Å². The number of amides is 2. The second-order valence-corrected chi connectivity index (χ2v) is 6.99. The monoisotopic (exact) mass is 343 g/mol. The van der Waals surface area contributed by atoms with Crippen molar-refractivity contribution in [2.45, 2.75) is 40.2 Å². The van der Waals surface area contributed by atoms with Crippen molar-refractivity contribution in [3.05, 3.63) is 45.5 Å². The average molecular weight is 343 g/mol. The molecule has 1 aliphatic heterocycles. The molecular weight excluding hydrogens is 322 g/mol. The quantitative estimate of drug-likeness (QED) is 0.932. The van der Waals surface area contributed by atoms with E-state index in [2.05, 4.69) is 28.7 Å². The molecule has 2 aromatic rings. The summed E-state index contributed by atoms with van der Waals surface area (Å²) < 4.78 is 4.11. The Morgan fingerprint density at radius 3 is 2.50 bits per heavy atom. The van der Waals surface area contributed by atoms with Crippen LogP contribution in [0.3, 0.4) is 0 Å². The summed E-state index contributed by atoms with van der Waals surface area (Å²) in [5, 5.41) is 4.58. The van der Waals surface area contributed by atoms with E-state index in [4.69, 9.17) is 0 Å². The maximum absolute atomic E-state index is 12.8. The summed E-state index contributed by atoms with van der Waals surface area (Å²) >= 11 is 1.25. The van der Waals surface area contributed by atoms with E-state index in [1.165, 1.54) is 17.1 Å². The van der Waals surface area contributed by atoms with E-state index in [1.807, 2.05) is 13.8 Å². The number of anilines is 1. The molecule has 0 spiro atoms. The second kappa shape index (κ2) is 6.36. The Labute approximate surface area is 145 Å². The molecule has 1 atom stereocenters. The Hall–Kier alpha value is -2.21. The minimum absolute atomic E-state index is 0.0424. The van der Waals surface area contributed by atoms with Gasteiger partial charge in [0.1, 0.15) is 6.04 Å². The fourth-order valence-electron chi connectivity index (χ4n) is 3.38. The highest BCUT2D eigenvalue weighted by Gasteiger charge is 2.35. The summed E-state index contributed by atoms with van der Waals surface area (Å²) in [7, 11) is 0. The SMILES string of the molecule is Cc1cc(C)c(N2CC[C@H](NC(=O)c3csnc3C)C2=O)c(C)c1. The summed E-state index contributed by atoms with van der Waals surface area (Å²) in [4.78, 5) is 26.9. The lowest BCUT2D eigenvalue weighted by atomic mass is 10.0. The van der Waals surface area contributed by atoms with Crippen LogP contribution in [0.25, 0.3) is 0 Å². The van der Waals surface area contributed by atoms with E-state index in [9.17, 15) is 9.59 Å². The third-order valence-corrected chi connectivity index (χ3v) is 5.13. The normalized spacial score (nSPS) is 17.4. The number of carbonyl (C=O) groups is 2. The molecule has 126 valence electrons. The van der Waals surface area contributed by atoms with Gasteiger partial charge in [-0.15, -0.1) is 0 Å². The van der Waals surface area contributed by atoms with Crippen molar-refractivity contribution in [2.24, 2.45) is 0 Å². The van der Waals surface area contributed by atoms with Crippen molar-refractivity contribution in [3.8, 4) is 0 Å². The zero-order valence-electron chi connectivity index (χ0n) is 14.3. The first kappa shape index (κ1) is 16.6. The van der Waals surface area contributed by atoms with Gasteiger partial charge in [-0.3, -0.25) is 9.59 Å². The highest BCUT2D eigenvalue weighted by atomic mass is 32.1. The van der Waals surface area contributed by atoms with Gasteiger partial charge in [0.2, 0.25) is 5.91 Å². The first-order chi connectivity index (χ1) is 11.4. The Bertz CT molecular complexity index is 789. The highest BCUT2D eigenvalue weighted by Crippen LogP contribution is 2.30. The van der Waals surface area contributed by atoms with Gasteiger partial charge in [-0.1, -0.05) is 17.7 Å². The predicted molar refractivity (Wildman–Crippen MR) is 95.7 cm³/mol. The lowest BCUT2D eigenvalue weighted by Crippen LogP contribution is -2.42. The molecular formula is C18H21N3O2S. The average Bonchev–Trinajstić information content (AvgIpc) is 3.06. The number of hydrogen-bond donors (Lipinski definition) is 1. The molecule has 0 saturated carbocycles. The van der Waals surface area contributed by atoms with Crippen molar-refractivity contribution >= 4 is 29.0 Å². The minimum Gasteiger partial charge on any atom is -0.340 e. The van der Waals surface area contributed by atoms with Crippen LogP contribution in [0.2, 0.25) is 0 Å². The smallest absolute Gasteiger partial charge is 0.254 e. The molecule has 0 bridgehead atoms. The van der Waals surface area contributed by atoms with Gasteiger partial charge in [0, 0.05) is 17.6 Å². The standard InChI is InChI=1S/C18H21N3O2S/c1-10-7-11(2)16(12(3)8-10)21-6-5-15(18(21)23)19-17(22)14-9-24-20-13(14)4/h7-9,15H,5-6H2,1-4H3,(H,19,22)/t15-/m0/s1. The van der Waals surface area contributed by atoms with Crippen LogP contribution in [-0.2, 0) is 4.79 Å². The zero-order valence-corrected chi connectivity index (χ0v) is 15.2. The Kier molecular flexibility index (Phi) is 4.41. The van der Waals surface area contributed by atoms with Crippen molar-refractivity contribution in [3.63, 3.8) is 0 Å². The molecule has 1 saturated heterocycles. The molecule has 1 aromatic carbocycles. The number of hydrogen-bond acceptors (Lipinski definition) is 4. The molecule has 0 unspecified atom stereocenters. The largest absolute Gasteiger partial charge is 0.340 e. The van der Waals surface area contributed by atoms with Gasteiger partial charge in [0.05, 0.1) is 11.3 Å². The van der Waals surface area contributed by atoms with E-state index in [0.29, 0.717) is 24.2 Å². The Morgan fingerprint density at radius 1 is 1.25 bits per heavy atom. The summed E-state index contributed by atoms with van der Waals surface area (Å²) in [6.45, 7) is 8.52. The number of rotatable bonds is 3. The van der Waals surface area contributed by atoms with Crippen molar-refractivity contribution in [1.29, 1.82) is 0 Å². The maximum atomic E-state index is 12.8. The summed E-state index contributed by atoms with van der Waals surface area (Å²) in [5.41, 5.74) is 5.58. The molecule has 2 heterocycles. The molecule has 0 radical (unpaired) electrons. The fourth-order valence-corrected chi connectivity index (χ4v) is 4.07. The van der Waals surface area contributed by atoms with Crippen molar-refractivity contribution < 1.29 is 9.59 Å². The van der Waals surface area contributed by atoms with Crippen LogP contribution in [0.4, 0.5) is 5.69 Å². The zero-order chi connectivity index (χ0) is 17.4. The number of nitrogens with one attached hydrogen (secondary N) is 1. The molecule has 2 amide bonds. The van der Waals surface area contributed by atoms with Crippen LogP contribution in [0.5, 0.6) is 0 Å². The first-order valence-electron chi connectivity index (χ1n) is 7.99. The fraction of sp³-hybridized carbons (Fsp3) is 0.389. The second-order valence-electron chi connectivity index (χ2n) is 6.37. The molecule has 0 aliphatic carbocycles. The summed E-state index contributed by atoms with van der Waals surface area (Å²) in [6.07, 6.45) is 0.619. The van der Waals surface area contributed by atoms with Gasteiger partial charge in [-0.25, -0.2) is 0 Å². The first-order valence-corrected chi connectivity index (χ1v) is 8.83. The van der Waals surface area contributed by atoms with E-state index < -0.39 is 6.04 Å². The third-order valence-electron chi connectivity index (χ3n) is 4.41. The van der Waals surface area contributed by atoms with Gasteiger partial charge in [-0.05, 0) is 56.8 Å². The summed E-state index contributed by atoms with van der Waals surface area (Å²) in [5.74, 6) is -0.266. The van der Waals surface area contributed by atoms with Gasteiger partial charge in [-0.2, -0.15) is 4.37 Å². The third kappa shape index (κ3) is 2.94. The molecule has 1 N–H and O–H groups in total. The Balaban J connectivity index is 1.79. The molecule has 5 nitrogen and oxygen atoms in total. The lowest BCUT2D eigenvalue weighted by Gasteiger charge is -2.22. The van der Waals surface area contributed by atoms with E-state index >= 15 is 0 Å². The van der Waals surface area contributed by atoms with E-state index in [1.54, 1.807) is 17.2 Å². The number of nitrogens with zero attached hydrogens (tertiary/aromatic N) is 2. The number of benzene rings is 1. The minimum atomic E-state index is -0.475. The van der Waals surface area contributed by atoms with Gasteiger partial charge in [0.15, 0.2) is 0 Å². The molecule has 6 heteroatoms.